The molecule has 2 aromatic carbocycles. The van der Waals surface area contributed by atoms with Crippen molar-refractivity contribution in [3.8, 4) is 16.9 Å². The maximum atomic E-state index is 13.6. The van der Waals surface area contributed by atoms with Gasteiger partial charge in [0.05, 0.1) is 7.11 Å². The number of nitrogens with one attached hydrogen (secondary N) is 1. The van der Waals surface area contributed by atoms with Crippen molar-refractivity contribution in [2.45, 2.75) is 26.3 Å². The van der Waals surface area contributed by atoms with Crippen LogP contribution in [0, 0.1) is 5.82 Å². The van der Waals surface area contributed by atoms with Crippen molar-refractivity contribution in [1.82, 2.24) is 5.32 Å². The monoisotopic (exact) mass is 287 g/mol. The highest BCUT2D eigenvalue weighted by Gasteiger charge is 2.14. The summed E-state index contributed by atoms with van der Waals surface area (Å²) in [6.07, 6.45) is 1.08. The van der Waals surface area contributed by atoms with Gasteiger partial charge in [-0.25, -0.2) is 4.39 Å². The minimum absolute atomic E-state index is 0.203. The van der Waals surface area contributed by atoms with E-state index in [1.54, 1.807) is 13.2 Å². The Bertz CT molecular complexity index is 598. The van der Waals surface area contributed by atoms with E-state index in [9.17, 15) is 4.39 Å². The zero-order valence-corrected chi connectivity index (χ0v) is 12.8. The lowest BCUT2D eigenvalue weighted by Crippen LogP contribution is -2.19. The maximum absolute atomic E-state index is 13.6. The van der Waals surface area contributed by atoms with Crippen molar-refractivity contribution in [1.29, 1.82) is 0 Å². The normalized spacial score (nSPS) is 12.2. The van der Waals surface area contributed by atoms with Crippen LogP contribution in [0.15, 0.2) is 42.5 Å². The highest BCUT2D eigenvalue weighted by molar-refractivity contribution is 5.74. The topological polar surface area (TPSA) is 21.3 Å². The lowest BCUT2D eigenvalue weighted by Gasteiger charge is -2.19. The van der Waals surface area contributed by atoms with Crippen LogP contribution >= 0.6 is 0 Å². The third-order valence-electron chi connectivity index (χ3n) is 3.58. The molecule has 0 aliphatic heterocycles. The number of methoxy groups -OCH3 is 1. The van der Waals surface area contributed by atoms with Crippen LogP contribution in [0.5, 0.6) is 5.75 Å². The van der Waals surface area contributed by atoms with Gasteiger partial charge in [0.25, 0.3) is 0 Å². The van der Waals surface area contributed by atoms with E-state index < -0.39 is 0 Å². The fourth-order valence-electron chi connectivity index (χ4n) is 2.48. The Balaban J connectivity index is 2.47. The summed E-state index contributed by atoms with van der Waals surface area (Å²) < 4.78 is 19.0. The van der Waals surface area contributed by atoms with Gasteiger partial charge < -0.3 is 10.1 Å². The van der Waals surface area contributed by atoms with Crippen LogP contribution in [-0.4, -0.2) is 13.7 Å². The lowest BCUT2D eigenvalue weighted by atomic mass is 9.94. The van der Waals surface area contributed by atoms with Crippen molar-refractivity contribution in [3.63, 3.8) is 0 Å². The van der Waals surface area contributed by atoms with Crippen LogP contribution < -0.4 is 10.1 Å². The highest BCUT2D eigenvalue weighted by atomic mass is 19.1. The number of ether oxygens (including phenoxy) is 1. The van der Waals surface area contributed by atoms with Crippen molar-refractivity contribution < 1.29 is 9.13 Å². The molecule has 0 aromatic heterocycles. The van der Waals surface area contributed by atoms with Crippen LogP contribution in [0.3, 0.4) is 0 Å². The molecule has 0 spiro atoms. The Morgan fingerprint density at radius 3 is 2.62 bits per heavy atom. The van der Waals surface area contributed by atoms with Crippen molar-refractivity contribution in [3.05, 3.63) is 53.8 Å². The number of halogens is 1. The molecule has 2 rings (SSSR count). The summed E-state index contributed by atoms with van der Waals surface area (Å²) in [5, 5.41) is 3.48. The molecule has 0 fully saturated rings. The van der Waals surface area contributed by atoms with Crippen LogP contribution in [-0.2, 0) is 0 Å². The van der Waals surface area contributed by atoms with Crippen LogP contribution in [0.1, 0.15) is 31.9 Å². The van der Waals surface area contributed by atoms with E-state index in [1.807, 2.05) is 18.2 Å². The fourth-order valence-corrected chi connectivity index (χ4v) is 2.48. The summed E-state index contributed by atoms with van der Waals surface area (Å²) in [7, 11) is 1.61. The Morgan fingerprint density at radius 2 is 1.90 bits per heavy atom. The second-order valence-corrected chi connectivity index (χ2v) is 5.11. The maximum Gasteiger partial charge on any atom is 0.126 e. The van der Waals surface area contributed by atoms with E-state index >= 15 is 0 Å². The molecule has 0 bridgehead atoms. The largest absolute Gasteiger partial charge is 0.496 e. The van der Waals surface area contributed by atoms with Gasteiger partial charge in [-0.2, -0.15) is 0 Å². The second-order valence-electron chi connectivity index (χ2n) is 5.11. The van der Waals surface area contributed by atoms with Gasteiger partial charge in [0.2, 0.25) is 0 Å². The number of benzene rings is 2. The lowest BCUT2D eigenvalue weighted by molar-refractivity contribution is 0.415. The number of hydrogen-bond donors (Lipinski definition) is 1. The molecule has 1 atom stereocenters. The minimum atomic E-state index is -0.255. The molecule has 0 aliphatic carbocycles. The molecular formula is C18H22FNO. The molecule has 0 saturated heterocycles. The molecule has 0 radical (unpaired) electrons. The van der Waals surface area contributed by atoms with Crippen LogP contribution in [0.25, 0.3) is 11.1 Å². The molecule has 0 heterocycles. The van der Waals surface area contributed by atoms with Gasteiger partial charge >= 0.3 is 0 Å². The first kappa shape index (κ1) is 15.5. The molecule has 1 unspecified atom stereocenters. The van der Waals surface area contributed by atoms with Crippen LogP contribution in [0.4, 0.5) is 4.39 Å². The van der Waals surface area contributed by atoms with Gasteiger partial charge in [-0.15, -0.1) is 0 Å². The van der Waals surface area contributed by atoms with Gasteiger partial charge in [-0.05, 0) is 49.2 Å². The van der Waals surface area contributed by atoms with E-state index in [1.165, 1.54) is 12.1 Å². The Kier molecular flexibility index (Phi) is 5.34. The number of rotatable bonds is 6. The predicted octanol–water partition coefficient (Wildman–Crippen LogP) is 4.56. The molecule has 2 nitrogen and oxygen atoms in total. The first-order chi connectivity index (χ1) is 10.2. The van der Waals surface area contributed by atoms with E-state index in [2.05, 4.69) is 25.2 Å². The SMILES string of the molecule is CCCNC(C)c1ccccc1-c1cc(F)ccc1OC. The summed E-state index contributed by atoms with van der Waals surface area (Å²) >= 11 is 0. The Labute approximate surface area is 126 Å². The molecule has 2 aromatic rings. The molecule has 112 valence electrons. The Hall–Kier alpha value is -1.87. The number of hydrogen-bond acceptors (Lipinski definition) is 2. The van der Waals surface area contributed by atoms with E-state index in [4.69, 9.17) is 4.74 Å². The fraction of sp³-hybridized carbons (Fsp3) is 0.333. The highest BCUT2D eigenvalue weighted by Crippen LogP contribution is 2.35. The zero-order chi connectivity index (χ0) is 15.2. The molecule has 0 saturated carbocycles. The van der Waals surface area contributed by atoms with Gasteiger partial charge in [0.1, 0.15) is 11.6 Å². The second kappa shape index (κ2) is 7.23. The predicted molar refractivity (Wildman–Crippen MR) is 85.1 cm³/mol. The Morgan fingerprint density at radius 1 is 1.14 bits per heavy atom. The molecule has 0 aliphatic rings. The summed E-state index contributed by atoms with van der Waals surface area (Å²) in [5.41, 5.74) is 2.94. The molecular weight excluding hydrogens is 265 g/mol. The van der Waals surface area contributed by atoms with Gasteiger partial charge in [0.15, 0.2) is 0 Å². The standard InChI is InChI=1S/C18H22FNO/c1-4-11-20-13(2)15-7-5-6-8-16(15)17-12-14(19)9-10-18(17)21-3/h5-10,12-13,20H,4,11H2,1-3H3. The summed E-state index contributed by atoms with van der Waals surface area (Å²) in [6, 6.07) is 12.9. The van der Waals surface area contributed by atoms with Crippen molar-refractivity contribution in [2.24, 2.45) is 0 Å². The van der Waals surface area contributed by atoms with E-state index in [0.29, 0.717) is 5.75 Å². The third-order valence-corrected chi connectivity index (χ3v) is 3.58. The van der Waals surface area contributed by atoms with E-state index in [0.717, 1.165) is 29.7 Å². The molecule has 21 heavy (non-hydrogen) atoms. The van der Waals surface area contributed by atoms with E-state index in [-0.39, 0.29) is 11.9 Å². The smallest absolute Gasteiger partial charge is 0.126 e. The minimum Gasteiger partial charge on any atom is -0.496 e. The third kappa shape index (κ3) is 3.61. The first-order valence-corrected chi connectivity index (χ1v) is 7.33. The zero-order valence-electron chi connectivity index (χ0n) is 12.8. The molecule has 3 heteroatoms. The average molecular weight is 287 g/mol. The molecule has 1 N–H and O–H groups in total. The van der Waals surface area contributed by atoms with Crippen LogP contribution in [0.2, 0.25) is 0 Å². The van der Waals surface area contributed by atoms with Gasteiger partial charge in [-0.3, -0.25) is 0 Å². The van der Waals surface area contributed by atoms with Gasteiger partial charge in [-0.1, -0.05) is 31.2 Å². The summed E-state index contributed by atoms with van der Waals surface area (Å²) in [6.45, 7) is 5.22. The molecule has 0 amide bonds. The average Bonchev–Trinajstić information content (AvgIpc) is 2.52. The van der Waals surface area contributed by atoms with Crippen molar-refractivity contribution >= 4 is 0 Å². The quantitative estimate of drug-likeness (QED) is 0.840. The van der Waals surface area contributed by atoms with Crippen molar-refractivity contribution in [2.75, 3.05) is 13.7 Å². The summed E-state index contributed by atoms with van der Waals surface area (Å²) in [4.78, 5) is 0. The first-order valence-electron chi connectivity index (χ1n) is 7.33. The summed E-state index contributed by atoms with van der Waals surface area (Å²) in [5.74, 6) is 0.432. The van der Waals surface area contributed by atoms with Gasteiger partial charge in [0, 0.05) is 11.6 Å².